The van der Waals surface area contributed by atoms with Crippen molar-refractivity contribution < 1.29 is 35.9 Å². The summed E-state index contributed by atoms with van der Waals surface area (Å²) in [5.74, 6) is -1.46. The topological polar surface area (TPSA) is 71.1 Å². The van der Waals surface area contributed by atoms with E-state index in [1.807, 2.05) is 5.32 Å². The van der Waals surface area contributed by atoms with Crippen LogP contribution in [0, 0.1) is 0 Å². The standard InChI is InChI=1S/C16H11F6N3O2/c1-8(26)24-13-4-9(2-3-23-13)14(27)25-12-6-10(15(17,18)19)5-11(7-12)16(20,21)22/h2-7H,1H3,(H,25,27)(H,23,24,26). The van der Waals surface area contributed by atoms with Crippen LogP contribution in [0.15, 0.2) is 36.5 Å². The number of rotatable bonds is 3. The Morgan fingerprint density at radius 2 is 1.44 bits per heavy atom. The fourth-order valence-corrected chi connectivity index (χ4v) is 2.05. The van der Waals surface area contributed by atoms with Crippen molar-refractivity contribution in [1.82, 2.24) is 4.98 Å². The number of anilines is 2. The molecule has 2 N–H and O–H groups in total. The Morgan fingerprint density at radius 1 is 0.889 bits per heavy atom. The van der Waals surface area contributed by atoms with E-state index in [9.17, 15) is 35.9 Å². The van der Waals surface area contributed by atoms with Gasteiger partial charge in [0.1, 0.15) is 5.82 Å². The first-order valence-electron chi connectivity index (χ1n) is 7.21. The van der Waals surface area contributed by atoms with Crippen molar-refractivity contribution in [1.29, 1.82) is 0 Å². The van der Waals surface area contributed by atoms with Crippen LogP contribution in [-0.4, -0.2) is 16.8 Å². The van der Waals surface area contributed by atoms with Crippen LogP contribution in [0.4, 0.5) is 37.8 Å². The summed E-state index contributed by atoms with van der Waals surface area (Å²) in [6.07, 6.45) is -8.92. The van der Waals surface area contributed by atoms with Crippen LogP contribution >= 0.6 is 0 Å². The quantitative estimate of drug-likeness (QED) is 0.766. The molecular weight excluding hydrogens is 380 g/mol. The Morgan fingerprint density at radius 3 is 1.93 bits per heavy atom. The summed E-state index contributed by atoms with van der Waals surface area (Å²) in [4.78, 5) is 26.9. The number of carbonyl (C=O) groups is 2. The molecule has 0 aliphatic rings. The number of nitrogens with one attached hydrogen (secondary N) is 2. The molecule has 27 heavy (non-hydrogen) atoms. The van der Waals surface area contributed by atoms with E-state index in [1.54, 1.807) is 0 Å². The third-order valence-electron chi connectivity index (χ3n) is 3.17. The van der Waals surface area contributed by atoms with E-state index in [2.05, 4.69) is 10.3 Å². The molecule has 0 aliphatic carbocycles. The maximum absolute atomic E-state index is 12.8. The number of pyridine rings is 1. The number of benzene rings is 1. The predicted octanol–water partition coefficient (Wildman–Crippen LogP) is 4.33. The molecule has 1 aromatic carbocycles. The molecule has 0 unspecified atom stereocenters. The molecule has 0 bridgehead atoms. The van der Waals surface area contributed by atoms with Crippen molar-refractivity contribution in [3.63, 3.8) is 0 Å². The van der Waals surface area contributed by atoms with Crippen LogP contribution in [0.3, 0.4) is 0 Å². The lowest BCUT2D eigenvalue weighted by molar-refractivity contribution is -0.143. The SMILES string of the molecule is CC(=O)Nc1cc(C(=O)Nc2cc(C(F)(F)F)cc(C(F)(F)F)c2)ccn1. The van der Waals surface area contributed by atoms with E-state index in [0.29, 0.717) is 12.1 Å². The number of alkyl halides is 6. The van der Waals surface area contributed by atoms with E-state index in [0.717, 1.165) is 12.3 Å². The van der Waals surface area contributed by atoms with Gasteiger partial charge in [-0.25, -0.2) is 4.98 Å². The first-order chi connectivity index (χ1) is 12.4. The molecule has 0 fully saturated rings. The second-order valence-electron chi connectivity index (χ2n) is 5.36. The zero-order valence-electron chi connectivity index (χ0n) is 13.5. The van der Waals surface area contributed by atoms with E-state index in [-0.39, 0.29) is 17.4 Å². The number of hydrogen-bond acceptors (Lipinski definition) is 3. The molecule has 0 saturated heterocycles. The lowest BCUT2D eigenvalue weighted by Gasteiger charge is -2.15. The summed E-state index contributed by atoms with van der Waals surface area (Å²) in [5.41, 5.74) is -3.91. The van der Waals surface area contributed by atoms with E-state index in [1.165, 1.54) is 13.0 Å². The first kappa shape index (κ1) is 20.2. The van der Waals surface area contributed by atoms with E-state index < -0.39 is 41.0 Å². The fraction of sp³-hybridized carbons (Fsp3) is 0.188. The number of hydrogen-bond donors (Lipinski definition) is 2. The molecule has 5 nitrogen and oxygen atoms in total. The Labute approximate surface area is 148 Å². The van der Waals surface area contributed by atoms with Gasteiger partial charge in [-0.1, -0.05) is 0 Å². The number of nitrogens with zero attached hydrogens (tertiary/aromatic N) is 1. The van der Waals surface area contributed by atoms with E-state index in [4.69, 9.17) is 0 Å². The summed E-state index contributed by atoms with van der Waals surface area (Å²) >= 11 is 0. The van der Waals surface area contributed by atoms with Gasteiger partial charge in [-0.05, 0) is 30.3 Å². The second-order valence-corrected chi connectivity index (χ2v) is 5.36. The molecule has 0 atom stereocenters. The molecule has 11 heteroatoms. The third kappa shape index (κ3) is 5.43. The van der Waals surface area contributed by atoms with Crippen molar-refractivity contribution in [3.05, 3.63) is 53.2 Å². The smallest absolute Gasteiger partial charge is 0.322 e. The Balaban J connectivity index is 2.36. The summed E-state index contributed by atoms with van der Waals surface area (Å²) in [6, 6.07) is 3.04. The van der Waals surface area contributed by atoms with Crippen molar-refractivity contribution in [2.75, 3.05) is 10.6 Å². The second kappa shape index (κ2) is 7.25. The molecule has 0 radical (unpaired) electrons. The summed E-state index contributed by atoms with van der Waals surface area (Å²) in [6.45, 7) is 1.19. The van der Waals surface area contributed by atoms with Gasteiger partial charge in [0.15, 0.2) is 0 Å². The van der Waals surface area contributed by atoms with Crippen LogP contribution < -0.4 is 10.6 Å². The summed E-state index contributed by atoms with van der Waals surface area (Å²) < 4.78 is 77.1. The largest absolute Gasteiger partial charge is 0.416 e. The normalized spacial score (nSPS) is 11.8. The number of halogens is 6. The van der Waals surface area contributed by atoms with Crippen LogP contribution in [0.25, 0.3) is 0 Å². The lowest BCUT2D eigenvalue weighted by Crippen LogP contribution is -2.16. The van der Waals surface area contributed by atoms with Gasteiger partial charge in [-0.15, -0.1) is 0 Å². The highest BCUT2D eigenvalue weighted by Gasteiger charge is 2.37. The molecule has 2 rings (SSSR count). The van der Waals surface area contributed by atoms with Crippen LogP contribution in [0.2, 0.25) is 0 Å². The van der Waals surface area contributed by atoms with Crippen molar-refractivity contribution in [2.45, 2.75) is 19.3 Å². The van der Waals surface area contributed by atoms with Crippen LogP contribution in [-0.2, 0) is 17.1 Å². The minimum Gasteiger partial charge on any atom is -0.322 e. The van der Waals surface area contributed by atoms with Gasteiger partial charge in [0.2, 0.25) is 5.91 Å². The van der Waals surface area contributed by atoms with E-state index >= 15 is 0 Å². The number of amides is 2. The lowest BCUT2D eigenvalue weighted by atomic mass is 10.1. The van der Waals surface area contributed by atoms with Crippen molar-refractivity contribution in [2.24, 2.45) is 0 Å². The van der Waals surface area contributed by atoms with Gasteiger partial charge in [-0.3, -0.25) is 9.59 Å². The van der Waals surface area contributed by atoms with Gasteiger partial charge in [0, 0.05) is 24.4 Å². The average Bonchev–Trinajstić information content (AvgIpc) is 2.52. The summed E-state index contributed by atoms with van der Waals surface area (Å²) in [7, 11) is 0. The number of aromatic nitrogens is 1. The third-order valence-corrected chi connectivity index (χ3v) is 3.17. The van der Waals surface area contributed by atoms with Gasteiger partial charge >= 0.3 is 12.4 Å². The molecule has 0 spiro atoms. The molecule has 1 heterocycles. The van der Waals surface area contributed by atoms with Gasteiger partial charge in [0.25, 0.3) is 5.91 Å². The highest BCUT2D eigenvalue weighted by molar-refractivity contribution is 6.05. The maximum Gasteiger partial charge on any atom is 0.416 e. The van der Waals surface area contributed by atoms with Crippen molar-refractivity contribution >= 4 is 23.3 Å². The molecule has 2 aromatic rings. The van der Waals surface area contributed by atoms with Crippen molar-refractivity contribution in [3.8, 4) is 0 Å². The highest BCUT2D eigenvalue weighted by atomic mass is 19.4. The zero-order valence-corrected chi connectivity index (χ0v) is 13.5. The fourth-order valence-electron chi connectivity index (χ4n) is 2.05. The molecule has 0 aliphatic heterocycles. The maximum atomic E-state index is 12.8. The molecule has 0 saturated carbocycles. The first-order valence-corrected chi connectivity index (χ1v) is 7.21. The molecular formula is C16H11F6N3O2. The Kier molecular flexibility index (Phi) is 5.43. The number of carbonyl (C=O) groups excluding carboxylic acids is 2. The Bertz CT molecular complexity index is 845. The van der Waals surface area contributed by atoms with Crippen LogP contribution in [0.5, 0.6) is 0 Å². The average molecular weight is 391 g/mol. The molecule has 2 amide bonds. The highest BCUT2D eigenvalue weighted by Crippen LogP contribution is 2.37. The van der Waals surface area contributed by atoms with Gasteiger partial charge < -0.3 is 10.6 Å². The predicted molar refractivity (Wildman–Crippen MR) is 82.9 cm³/mol. The summed E-state index contributed by atoms with van der Waals surface area (Å²) in [5, 5.41) is 4.28. The Hall–Kier alpha value is -3.11. The monoisotopic (exact) mass is 391 g/mol. The minimum atomic E-state index is -5.03. The van der Waals surface area contributed by atoms with Crippen LogP contribution in [0.1, 0.15) is 28.4 Å². The molecule has 144 valence electrons. The zero-order chi connectivity index (χ0) is 20.4. The van der Waals surface area contributed by atoms with Gasteiger partial charge in [-0.2, -0.15) is 26.3 Å². The van der Waals surface area contributed by atoms with Gasteiger partial charge in [0.05, 0.1) is 11.1 Å². The minimum absolute atomic E-state index is 0.00447. The molecule has 1 aromatic heterocycles.